The van der Waals surface area contributed by atoms with Gasteiger partial charge in [-0.1, -0.05) is 30.0 Å². The summed E-state index contributed by atoms with van der Waals surface area (Å²) in [6.45, 7) is 2.25. The Kier molecular flexibility index (Phi) is 7.29. The lowest BCUT2D eigenvalue weighted by molar-refractivity contribution is -0.150. The first kappa shape index (κ1) is 22.1. The highest BCUT2D eigenvalue weighted by Crippen LogP contribution is 2.32. The number of nitrogens with two attached hydrogens (primary N) is 1. The van der Waals surface area contributed by atoms with E-state index >= 15 is 0 Å². The second-order valence-electron chi connectivity index (χ2n) is 6.45. The number of β-lactam (4-membered cyclic amide) rings is 1. The molecule has 0 saturated carbocycles. The fraction of sp³-hybridized carbons (Fsp3) is 0.389. The summed E-state index contributed by atoms with van der Waals surface area (Å²) < 4.78 is 12.3. The van der Waals surface area contributed by atoms with Gasteiger partial charge in [-0.25, -0.2) is 4.68 Å². The van der Waals surface area contributed by atoms with Crippen molar-refractivity contribution in [2.45, 2.75) is 24.2 Å². The minimum absolute atomic E-state index is 0.0160. The topological polar surface area (TPSA) is 125 Å². The van der Waals surface area contributed by atoms with Gasteiger partial charge in [0.15, 0.2) is 6.61 Å². The molecule has 12 heteroatoms. The molecule has 1 aromatic carbocycles. The molecule has 2 unspecified atom stereocenters. The third-order valence-corrected chi connectivity index (χ3v) is 5.59. The maximum absolute atomic E-state index is 11.7. The number of rotatable bonds is 6. The second-order valence-corrected chi connectivity index (χ2v) is 7.82. The predicted octanol–water partition coefficient (Wildman–Crippen LogP) is 0.933. The fourth-order valence-electron chi connectivity index (χ4n) is 2.86. The molecule has 1 amide bonds. The van der Waals surface area contributed by atoms with E-state index in [-0.39, 0.29) is 18.6 Å². The van der Waals surface area contributed by atoms with Gasteiger partial charge in [-0.2, -0.15) is 0 Å². The van der Waals surface area contributed by atoms with Crippen LogP contribution in [0.1, 0.15) is 6.92 Å². The summed E-state index contributed by atoms with van der Waals surface area (Å²) in [5, 5.41) is 11.4. The molecule has 4 rings (SSSR count). The number of ether oxygens (including phenoxy) is 2. The fourth-order valence-corrected chi connectivity index (χ4v) is 3.79. The third-order valence-electron chi connectivity index (χ3n) is 4.47. The van der Waals surface area contributed by atoms with Gasteiger partial charge in [0, 0.05) is 7.05 Å². The lowest BCUT2D eigenvalue weighted by Crippen LogP contribution is -2.70. The predicted molar refractivity (Wildman–Crippen MR) is 110 cm³/mol. The van der Waals surface area contributed by atoms with Gasteiger partial charge in [-0.3, -0.25) is 9.59 Å². The van der Waals surface area contributed by atoms with Crippen LogP contribution in [-0.4, -0.2) is 67.3 Å². The number of halogens is 1. The molecule has 1 saturated heterocycles. The van der Waals surface area contributed by atoms with Crippen LogP contribution in [0.5, 0.6) is 5.75 Å². The van der Waals surface area contributed by atoms with Crippen LogP contribution in [-0.2, 0) is 21.4 Å². The maximum Gasteiger partial charge on any atom is 0.259 e. The number of carbonyl (C=O) groups excluding carboxylic acids is 2. The second kappa shape index (κ2) is 9.92. The van der Waals surface area contributed by atoms with Crippen molar-refractivity contribution >= 4 is 34.5 Å². The van der Waals surface area contributed by atoms with Gasteiger partial charge in [0.1, 0.15) is 24.2 Å². The molecule has 0 bridgehead atoms. The van der Waals surface area contributed by atoms with Crippen LogP contribution in [0.3, 0.4) is 0 Å². The van der Waals surface area contributed by atoms with Gasteiger partial charge in [0.25, 0.3) is 5.24 Å². The van der Waals surface area contributed by atoms with E-state index in [1.165, 1.54) is 11.8 Å². The molecule has 30 heavy (non-hydrogen) atoms. The molecule has 2 aromatic rings. The van der Waals surface area contributed by atoms with Gasteiger partial charge in [0.05, 0.1) is 17.5 Å². The van der Waals surface area contributed by atoms with E-state index in [4.69, 9.17) is 26.8 Å². The highest BCUT2D eigenvalue weighted by Gasteiger charge is 2.49. The SMILES string of the molecule is CC1=C(CSc2nnnn2C)OCC2C(N)C(=O)N12.O=C(Cl)COc1ccccc1. The zero-order valence-electron chi connectivity index (χ0n) is 16.4. The molecule has 0 aliphatic carbocycles. The summed E-state index contributed by atoms with van der Waals surface area (Å²) in [7, 11) is 1.78. The Hall–Kier alpha value is -2.63. The average molecular weight is 453 g/mol. The molecule has 3 heterocycles. The summed E-state index contributed by atoms with van der Waals surface area (Å²) in [5.74, 6) is 1.99. The molecule has 2 aliphatic rings. The molecule has 0 spiro atoms. The Labute approximate surface area is 182 Å². The number of carbonyl (C=O) groups is 2. The molecule has 2 N–H and O–H groups in total. The van der Waals surface area contributed by atoms with Crippen LogP contribution in [0, 0.1) is 0 Å². The van der Waals surface area contributed by atoms with Crippen LogP contribution in [0.4, 0.5) is 0 Å². The molecule has 2 aliphatic heterocycles. The summed E-state index contributed by atoms with van der Waals surface area (Å²) in [6.07, 6.45) is 0. The van der Waals surface area contributed by atoms with Crippen molar-refractivity contribution in [3.05, 3.63) is 41.8 Å². The van der Waals surface area contributed by atoms with Gasteiger partial charge < -0.3 is 20.1 Å². The smallest absolute Gasteiger partial charge is 0.259 e. The van der Waals surface area contributed by atoms with Crippen molar-refractivity contribution < 1.29 is 19.1 Å². The van der Waals surface area contributed by atoms with E-state index in [2.05, 4.69) is 15.5 Å². The van der Waals surface area contributed by atoms with Crippen LogP contribution in [0.15, 0.2) is 46.9 Å². The number of hydrogen-bond donors (Lipinski definition) is 1. The van der Waals surface area contributed by atoms with Gasteiger partial charge in [0.2, 0.25) is 11.1 Å². The molecule has 10 nitrogen and oxygen atoms in total. The van der Waals surface area contributed by atoms with Crippen LogP contribution >= 0.6 is 23.4 Å². The number of fused-ring (bicyclic) bond motifs is 1. The van der Waals surface area contributed by atoms with Crippen LogP contribution in [0.2, 0.25) is 0 Å². The number of tetrazole rings is 1. The van der Waals surface area contributed by atoms with Crippen LogP contribution < -0.4 is 10.5 Å². The van der Waals surface area contributed by atoms with Crippen molar-refractivity contribution in [1.29, 1.82) is 0 Å². The van der Waals surface area contributed by atoms with E-state index in [0.29, 0.717) is 23.3 Å². The highest BCUT2D eigenvalue weighted by molar-refractivity contribution is 7.99. The van der Waals surface area contributed by atoms with Crippen LogP contribution in [0.25, 0.3) is 0 Å². The number of allylic oxidation sites excluding steroid dienone is 1. The molecule has 160 valence electrons. The Morgan fingerprint density at radius 3 is 2.77 bits per heavy atom. The number of benzene rings is 1. The average Bonchev–Trinajstić information content (AvgIpc) is 3.16. The Balaban J connectivity index is 0.000000199. The molecule has 1 fully saturated rings. The number of para-hydroxylation sites is 1. The normalized spacial score (nSPS) is 19.9. The summed E-state index contributed by atoms with van der Waals surface area (Å²) in [4.78, 5) is 23.7. The number of aryl methyl sites for hydroxylation is 1. The molecule has 1 aromatic heterocycles. The number of aromatic nitrogens is 4. The van der Waals surface area contributed by atoms with E-state index in [1.807, 2.05) is 25.1 Å². The number of nitrogens with zero attached hydrogens (tertiary/aromatic N) is 5. The maximum atomic E-state index is 11.7. The number of thioether (sulfide) groups is 1. The summed E-state index contributed by atoms with van der Waals surface area (Å²) in [6, 6.07) is 8.61. The quantitative estimate of drug-likeness (QED) is 0.387. The van der Waals surface area contributed by atoms with Gasteiger partial charge in [-0.05, 0) is 41.1 Å². The van der Waals surface area contributed by atoms with Crippen molar-refractivity contribution in [2.75, 3.05) is 19.0 Å². The van der Waals surface area contributed by atoms with Crippen molar-refractivity contribution in [1.82, 2.24) is 25.1 Å². The molecule has 2 atom stereocenters. The largest absolute Gasteiger partial charge is 0.493 e. The minimum Gasteiger partial charge on any atom is -0.493 e. The van der Waals surface area contributed by atoms with Crippen molar-refractivity contribution in [3.63, 3.8) is 0 Å². The molecular formula is C18H21ClN6O4S. The van der Waals surface area contributed by atoms with E-state index in [9.17, 15) is 9.59 Å². The highest BCUT2D eigenvalue weighted by atomic mass is 35.5. The first-order chi connectivity index (χ1) is 14.4. The first-order valence-electron chi connectivity index (χ1n) is 9.01. The zero-order valence-corrected chi connectivity index (χ0v) is 18.0. The number of amides is 1. The molecule has 0 radical (unpaired) electrons. The van der Waals surface area contributed by atoms with E-state index < -0.39 is 11.3 Å². The first-order valence-corrected chi connectivity index (χ1v) is 10.4. The third kappa shape index (κ3) is 5.10. The minimum atomic E-state index is -0.492. The summed E-state index contributed by atoms with van der Waals surface area (Å²) >= 11 is 6.53. The number of hydrogen-bond acceptors (Lipinski definition) is 9. The molecular weight excluding hydrogens is 432 g/mol. The lowest BCUT2D eigenvalue weighted by atomic mass is 9.94. The summed E-state index contributed by atoms with van der Waals surface area (Å²) in [5.41, 5.74) is 6.56. The van der Waals surface area contributed by atoms with Crippen molar-refractivity contribution in [2.24, 2.45) is 12.8 Å². The lowest BCUT2D eigenvalue weighted by Gasteiger charge is -2.48. The van der Waals surface area contributed by atoms with Gasteiger partial charge in [-0.15, -0.1) is 5.10 Å². The zero-order chi connectivity index (χ0) is 21.7. The van der Waals surface area contributed by atoms with Crippen molar-refractivity contribution in [3.8, 4) is 5.75 Å². The standard InChI is InChI=1S/C10H14N6O2S.C8H7ClO2/c1-5-7(4-19-10-12-13-14-15(10)2)18-3-6-8(11)9(17)16(5)6;9-8(10)6-11-7-4-2-1-3-5-7/h6,8H,3-4,11H2,1-2H3;1-5H,6H2. The van der Waals surface area contributed by atoms with Gasteiger partial charge >= 0.3 is 0 Å². The Morgan fingerprint density at radius 1 is 1.40 bits per heavy atom. The Bertz CT molecular complexity index is 938. The van der Waals surface area contributed by atoms with E-state index in [1.54, 1.807) is 28.8 Å². The Morgan fingerprint density at radius 2 is 2.13 bits per heavy atom. The van der Waals surface area contributed by atoms with E-state index in [0.717, 1.165) is 11.5 Å². The monoisotopic (exact) mass is 452 g/mol.